The molecule has 1 aromatic carbocycles. The number of hydrogen-bond donors (Lipinski definition) is 1. The monoisotopic (exact) mass is 234 g/mol. The Hall–Kier alpha value is -1.38. The molecular formula is C14H22N2O. The SMILES string of the molecule is CCCCN1CC(C)(C)Oc2cc(N)ccc21. The van der Waals surface area contributed by atoms with Crippen molar-refractivity contribution in [1.82, 2.24) is 0 Å². The molecule has 0 amide bonds. The van der Waals surface area contributed by atoms with E-state index in [1.807, 2.05) is 12.1 Å². The molecule has 0 saturated heterocycles. The molecule has 1 aliphatic rings. The maximum Gasteiger partial charge on any atom is 0.145 e. The van der Waals surface area contributed by atoms with Crippen LogP contribution in [0.2, 0.25) is 0 Å². The highest BCUT2D eigenvalue weighted by atomic mass is 16.5. The number of ether oxygens (including phenoxy) is 1. The Morgan fingerprint density at radius 3 is 2.88 bits per heavy atom. The molecule has 2 N–H and O–H groups in total. The molecule has 94 valence electrons. The minimum absolute atomic E-state index is 0.144. The Labute approximate surface area is 104 Å². The standard InChI is InChI=1S/C14H22N2O/c1-4-5-8-16-10-14(2,3)17-13-9-11(15)6-7-12(13)16/h6-7,9H,4-5,8,10,15H2,1-3H3. The molecule has 0 bridgehead atoms. The fraction of sp³-hybridized carbons (Fsp3) is 0.571. The number of benzene rings is 1. The van der Waals surface area contributed by atoms with Gasteiger partial charge in [0.2, 0.25) is 0 Å². The Morgan fingerprint density at radius 2 is 2.18 bits per heavy atom. The van der Waals surface area contributed by atoms with Crippen molar-refractivity contribution in [2.45, 2.75) is 39.2 Å². The van der Waals surface area contributed by atoms with Crippen molar-refractivity contribution in [2.24, 2.45) is 0 Å². The number of nitrogens with two attached hydrogens (primary N) is 1. The Bertz CT molecular complexity index is 401. The van der Waals surface area contributed by atoms with Crippen molar-refractivity contribution in [3.05, 3.63) is 18.2 Å². The molecule has 0 radical (unpaired) electrons. The summed E-state index contributed by atoms with van der Waals surface area (Å²) >= 11 is 0. The van der Waals surface area contributed by atoms with E-state index in [0.717, 1.165) is 24.5 Å². The third-order valence-corrected chi connectivity index (χ3v) is 3.06. The third kappa shape index (κ3) is 2.65. The van der Waals surface area contributed by atoms with Gasteiger partial charge in [-0.1, -0.05) is 13.3 Å². The second-order valence-corrected chi connectivity index (χ2v) is 5.36. The Kier molecular flexibility index (Phi) is 3.18. The number of nitrogen functional groups attached to an aromatic ring is 1. The second kappa shape index (κ2) is 4.47. The number of unbranched alkanes of at least 4 members (excludes halogenated alkanes) is 1. The molecule has 0 aliphatic carbocycles. The summed E-state index contributed by atoms with van der Waals surface area (Å²) in [6, 6.07) is 5.93. The Balaban J connectivity index is 2.30. The number of anilines is 2. The topological polar surface area (TPSA) is 38.5 Å². The molecule has 0 spiro atoms. The maximum atomic E-state index is 5.99. The first-order valence-corrected chi connectivity index (χ1v) is 6.35. The minimum Gasteiger partial charge on any atom is -0.484 e. The highest BCUT2D eigenvalue weighted by Gasteiger charge is 2.31. The van der Waals surface area contributed by atoms with Crippen molar-refractivity contribution in [3.8, 4) is 5.75 Å². The van der Waals surface area contributed by atoms with Crippen LogP contribution in [0.3, 0.4) is 0 Å². The normalized spacial score (nSPS) is 17.5. The van der Waals surface area contributed by atoms with E-state index in [0.29, 0.717) is 0 Å². The average Bonchev–Trinajstić information content (AvgIpc) is 2.23. The van der Waals surface area contributed by atoms with E-state index in [-0.39, 0.29) is 5.60 Å². The quantitative estimate of drug-likeness (QED) is 0.817. The molecule has 3 nitrogen and oxygen atoms in total. The van der Waals surface area contributed by atoms with Gasteiger partial charge in [0.1, 0.15) is 11.4 Å². The maximum absolute atomic E-state index is 5.99. The zero-order valence-electron chi connectivity index (χ0n) is 11.0. The van der Waals surface area contributed by atoms with Crippen molar-refractivity contribution < 1.29 is 4.74 Å². The van der Waals surface area contributed by atoms with Crippen LogP contribution in [0.1, 0.15) is 33.6 Å². The molecule has 1 aromatic rings. The molecule has 1 aliphatic heterocycles. The van der Waals surface area contributed by atoms with Crippen LogP contribution in [0, 0.1) is 0 Å². The van der Waals surface area contributed by atoms with Gasteiger partial charge >= 0.3 is 0 Å². The minimum atomic E-state index is -0.144. The summed E-state index contributed by atoms with van der Waals surface area (Å²) in [5.41, 5.74) is 7.61. The summed E-state index contributed by atoms with van der Waals surface area (Å²) in [4.78, 5) is 2.40. The fourth-order valence-electron chi connectivity index (χ4n) is 2.30. The highest BCUT2D eigenvalue weighted by molar-refractivity contribution is 5.65. The van der Waals surface area contributed by atoms with E-state index in [4.69, 9.17) is 10.5 Å². The van der Waals surface area contributed by atoms with Crippen LogP contribution in [0.15, 0.2) is 18.2 Å². The van der Waals surface area contributed by atoms with Crippen molar-refractivity contribution >= 4 is 11.4 Å². The molecular weight excluding hydrogens is 212 g/mol. The molecule has 17 heavy (non-hydrogen) atoms. The van der Waals surface area contributed by atoms with Gasteiger partial charge in [-0.3, -0.25) is 0 Å². The van der Waals surface area contributed by atoms with Gasteiger partial charge in [-0.05, 0) is 32.4 Å². The van der Waals surface area contributed by atoms with Crippen LogP contribution in [0.5, 0.6) is 5.75 Å². The van der Waals surface area contributed by atoms with E-state index in [1.54, 1.807) is 0 Å². The lowest BCUT2D eigenvalue weighted by Crippen LogP contribution is -2.47. The van der Waals surface area contributed by atoms with E-state index in [2.05, 4.69) is 31.7 Å². The van der Waals surface area contributed by atoms with Gasteiger partial charge < -0.3 is 15.4 Å². The van der Waals surface area contributed by atoms with Gasteiger partial charge in [0.15, 0.2) is 0 Å². The van der Waals surface area contributed by atoms with Gasteiger partial charge in [0.25, 0.3) is 0 Å². The lowest BCUT2D eigenvalue weighted by molar-refractivity contribution is 0.105. The van der Waals surface area contributed by atoms with Gasteiger partial charge in [0.05, 0.1) is 12.2 Å². The first-order valence-electron chi connectivity index (χ1n) is 6.35. The van der Waals surface area contributed by atoms with E-state index >= 15 is 0 Å². The molecule has 3 heteroatoms. The predicted molar refractivity (Wildman–Crippen MR) is 72.7 cm³/mol. The van der Waals surface area contributed by atoms with E-state index in [9.17, 15) is 0 Å². The van der Waals surface area contributed by atoms with Gasteiger partial charge in [0, 0.05) is 18.3 Å². The summed E-state index contributed by atoms with van der Waals surface area (Å²) in [7, 11) is 0. The van der Waals surface area contributed by atoms with Crippen molar-refractivity contribution in [1.29, 1.82) is 0 Å². The van der Waals surface area contributed by atoms with Crippen LogP contribution >= 0.6 is 0 Å². The largest absolute Gasteiger partial charge is 0.484 e. The van der Waals surface area contributed by atoms with Crippen LogP contribution in [-0.4, -0.2) is 18.7 Å². The number of fused-ring (bicyclic) bond motifs is 1. The molecule has 0 unspecified atom stereocenters. The third-order valence-electron chi connectivity index (χ3n) is 3.06. The molecule has 0 saturated carbocycles. The number of hydrogen-bond acceptors (Lipinski definition) is 3. The average molecular weight is 234 g/mol. The predicted octanol–water partition coefficient (Wildman–Crippen LogP) is 3.05. The zero-order chi connectivity index (χ0) is 12.5. The summed E-state index contributed by atoms with van der Waals surface area (Å²) in [6.45, 7) is 8.48. The van der Waals surface area contributed by atoms with Crippen LogP contribution in [0.4, 0.5) is 11.4 Å². The van der Waals surface area contributed by atoms with Crippen molar-refractivity contribution in [3.63, 3.8) is 0 Å². The summed E-state index contributed by atoms with van der Waals surface area (Å²) in [5.74, 6) is 0.914. The van der Waals surface area contributed by atoms with Gasteiger partial charge in [-0.2, -0.15) is 0 Å². The smallest absolute Gasteiger partial charge is 0.145 e. The van der Waals surface area contributed by atoms with Crippen LogP contribution < -0.4 is 15.4 Å². The first kappa shape index (κ1) is 12.1. The second-order valence-electron chi connectivity index (χ2n) is 5.36. The zero-order valence-corrected chi connectivity index (χ0v) is 11.0. The lowest BCUT2D eigenvalue weighted by Gasteiger charge is -2.41. The molecule has 2 rings (SSSR count). The number of nitrogens with zero attached hydrogens (tertiary/aromatic N) is 1. The molecule has 0 fully saturated rings. The fourth-order valence-corrected chi connectivity index (χ4v) is 2.30. The summed E-state index contributed by atoms with van der Waals surface area (Å²) in [5, 5.41) is 0. The van der Waals surface area contributed by atoms with Gasteiger partial charge in [-0.15, -0.1) is 0 Å². The number of rotatable bonds is 3. The van der Waals surface area contributed by atoms with Crippen LogP contribution in [0.25, 0.3) is 0 Å². The van der Waals surface area contributed by atoms with Crippen LogP contribution in [-0.2, 0) is 0 Å². The van der Waals surface area contributed by atoms with E-state index in [1.165, 1.54) is 18.5 Å². The molecule has 0 atom stereocenters. The first-order chi connectivity index (χ1) is 8.02. The molecule has 1 heterocycles. The summed E-state index contributed by atoms with van der Waals surface area (Å²) < 4.78 is 5.99. The lowest BCUT2D eigenvalue weighted by atomic mass is 10.0. The van der Waals surface area contributed by atoms with Gasteiger partial charge in [-0.25, -0.2) is 0 Å². The molecule has 0 aromatic heterocycles. The van der Waals surface area contributed by atoms with Crippen molar-refractivity contribution in [2.75, 3.05) is 23.7 Å². The van der Waals surface area contributed by atoms with E-state index < -0.39 is 0 Å². The highest BCUT2D eigenvalue weighted by Crippen LogP contribution is 2.38. The Morgan fingerprint density at radius 1 is 1.41 bits per heavy atom. The summed E-state index contributed by atoms with van der Waals surface area (Å²) in [6.07, 6.45) is 2.42.